The van der Waals surface area contributed by atoms with Gasteiger partial charge >= 0.3 is 0 Å². The lowest BCUT2D eigenvalue weighted by Crippen LogP contribution is -2.43. The molecule has 0 radical (unpaired) electrons. The third kappa shape index (κ3) is 4.11. The Morgan fingerprint density at radius 2 is 1.83 bits per heavy atom. The molecule has 1 amide bonds. The Morgan fingerprint density at radius 3 is 2.52 bits per heavy atom. The molecule has 1 unspecified atom stereocenters. The lowest BCUT2D eigenvalue weighted by Gasteiger charge is -2.17. The van der Waals surface area contributed by atoms with Crippen LogP contribution in [0.1, 0.15) is 12.8 Å². The highest BCUT2D eigenvalue weighted by atomic mass is 16.5. The van der Waals surface area contributed by atoms with Crippen LogP contribution in [0.15, 0.2) is 54.6 Å². The number of hydrogen-bond acceptors (Lipinski definition) is 3. The smallest absolute Gasteiger partial charge is 0.258 e. The summed E-state index contributed by atoms with van der Waals surface area (Å²) in [4.78, 5) is 12.1. The maximum Gasteiger partial charge on any atom is 0.258 e. The fourth-order valence-electron chi connectivity index (χ4n) is 2.71. The standard InChI is InChI=1S/C19H22N2O2/c20-12-17(15-10-11-15)21-19(22)13-23-18-9-5-4-8-16(18)14-6-2-1-3-7-14/h1-9,15,17H,10-13,20H2,(H,21,22). The van der Waals surface area contributed by atoms with E-state index in [0.29, 0.717) is 18.2 Å². The van der Waals surface area contributed by atoms with Crippen molar-refractivity contribution in [1.82, 2.24) is 5.32 Å². The summed E-state index contributed by atoms with van der Waals surface area (Å²) in [5, 5.41) is 2.97. The number of carbonyl (C=O) groups is 1. The molecule has 4 nitrogen and oxygen atoms in total. The largest absolute Gasteiger partial charge is 0.483 e. The number of nitrogens with one attached hydrogen (secondary N) is 1. The summed E-state index contributed by atoms with van der Waals surface area (Å²) in [7, 11) is 0. The van der Waals surface area contributed by atoms with Crippen molar-refractivity contribution in [3.05, 3.63) is 54.6 Å². The first-order valence-electron chi connectivity index (χ1n) is 8.04. The molecule has 1 atom stereocenters. The second kappa shape index (κ2) is 7.29. The lowest BCUT2D eigenvalue weighted by atomic mass is 10.1. The van der Waals surface area contributed by atoms with Crippen molar-refractivity contribution in [3.63, 3.8) is 0 Å². The van der Waals surface area contributed by atoms with Gasteiger partial charge in [0, 0.05) is 18.2 Å². The molecule has 0 aliphatic heterocycles. The third-order valence-electron chi connectivity index (χ3n) is 4.12. The number of benzene rings is 2. The van der Waals surface area contributed by atoms with E-state index < -0.39 is 0 Å². The summed E-state index contributed by atoms with van der Waals surface area (Å²) >= 11 is 0. The van der Waals surface area contributed by atoms with Crippen LogP contribution < -0.4 is 15.8 Å². The molecule has 3 rings (SSSR count). The van der Waals surface area contributed by atoms with E-state index in [1.165, 1.54) is 0 Å². The van der Waals surface area contributed by atoms with E-state index in [0.717, 1.165) is 24.0 Å². The third-order valence-corrected chi connectivity index (χ3v) is 4.12. The maximum absolute atomic E-state index is 12.1. The Morgan fingerprint density at radius 1 is 1.13 bits per heavy atom. The zero-order valence-electron chi connectivity index (χ0n) is 13.1. The molecule has 0 spiro atoms. The van der Waals surface area contributed by atoms with Crippen LogP contribution in [0.5, 0.6) is 5.75 Å². The monoisotopic (exact) mass is 310 g/mol. The highest BCUT2D eigenvalue weighted by Gasteiger charge is 2.31. The van der Waals surface area contributed by atoms with Crippen LogP contribution in [0.25, 0.3) is 11.1 Å². The predicted molar refractivity (Wildman–Crippen MR) is 91.1 cm³/mol. The van der Waals surface area contributed by atoms with Gasteiger partial charge in [-0.15, -0.1) is 0 Å². The van der Waals surface area contributed by atoms with Gasteiger partial charge in [0.2, 0.25) is 0 Å². The zero-order valence-corrected chi connectivity index (χ0v) is 13.1. The van der Waals surface area contributed by atoms with Crippen LogP contribution in [0.2, 0.25) is 0 Å². The Labute approximate surface area is 136 Å². The molecule has 4 heteroatoms. The molecule has 2 aromatic carbocycles. The summed E-state index contributed by atoms with van der Waals surface area (Å²) < 4.78 is 5.75. The number of nitrogens with two attached hydrogens (primary N) is 1. The second-order valence-corrected chi connectivity index (χ2v) is 5.90. The number of carbonyl (C=O) groups excluding carboxylic acids is 1. The molecule has 1 saturated carbocycles. The molecule has 1 fully saturated rings. The van der Waals surface area contributed by atoms with Crippen molar-refractivity contribution in [2.24, 2.45) is 11.7 Å². The SMILES string of the molecule is NCC(NC(=O)COc1ccccc1-c1ccccc1)C1CC1. The van der Waals surface area contributed by atoms with Gasteiger partial charge in [-0.25, -0.2) is 0 Å². The molecule has 1 aliphatic rings. The highest BCUT2D eigenvalue weighted by molar-refractivity contribution is 5.78. The molecule has 0 heterocycles. The molecule has 0 aromatic heterocycles. The van der Waals surface area contributed by atoms with E-state index in [1.807, 2.05) is 54.6 Å². The van der Waals surface area contributed by atoms with E-state index >= 15 is 0 Å². The second-order valence-electron chi connectivity index (χ2n) is 5.90. The van der Waals surface area contributed by atoms with E-state index in [9.17, 15) is 4.79 Å². The lowest BCUT2D eigenvalue weighted by molar-refractivity contribution is -0.123. The average Bonchev–Trinajstić information content (AvgIpc) is 3.44. The maximum atomic E-state index is 12.1. The van der Waals surface area contributed by atoms with Crippen molar-refractivity contribution in [2.45, 2.75) is 18.9 Å². The molecule has 1 aliphatic carbocycles. The summed E-state index contributed by atoms with van der Waals surface area (Å²) in [5.74, 6) is 1.14. The van der Waals surface area contributed by atoms with E-state index in [-0.39, 0.29) is 18.6 Å². The summed E-state index contributed by atoms with van der Waals surface area (Å²) in [6, 6.07) is 17.8. The van der Waals surface area contributed by atoms with Crippen LogP contribution in [0.4, 0.5) is 0 Å². The van der Waals surface area contributed by atoms with Gasteiger partial charge in [-0.3, -0.25) is 4.79 Å². The Kier molecular flexibility index (Phi) is 4.93. The van der Waals surface area contributed by atoms with E-state index in [2.05, 4.69) is 5.32 Å². The minimum absolute atomic E-state index is 0.00701. The van der Waals surface area contributed by atoms with Crippen LogP contribution in [0.3, 0.4) is 0 Å². The molecular weight excluding hydrogens is 288 g/mol. The van der Waals surface area contributed by atoms with Gasteiger partial charge in [0.1, 0.15) is 5.75 Å². The van der Waals surface area contributed by atoms with Crippen molar-refractivity contribution >= 4 is 5.91 Å². The fourth-order valence-corrected chi connectivity index (χ4v) is 2.71. The molecule has 3 N–H and O–H groups in total. The van der Waals surface area contributed by atoms with Crippen molar-refractivity contribution in [2.75, 3.05) is 13.2 Å². The molecule has 0 bridgehead atoms. The molecule has 23 heavy (non-hydrogen) atoms. The van der Waals surface area contributed by atoms with Crippen molar-refractivity contribution in [1.29, 1.82) is 0 Å². The fraction of sp³-hybridized carbons (Fsp3) is 0.316. The average molecular weight is 310 g/mol. The van der Waals surface area contributed by atoms with Crippen LogP contribution in [-0.2, 0) is 4.79 Å². The predicted octanol–water partition coefficient (Wildman–Crippen LogP) is 2.59. The van der Waals surface area contributed by atoms with E-state index in [1.54, 1.807) is 0 Å². The van der Waals surface area contributed by atoms with Crippen LogP contribution in [0, 0.1) is 5.92 Å². The zero-order chi connectivity index (χ0) is 16.1. The first-order valence-corrected chi connectivity index (χ1v) is 8.04. The van der Waals surface area contributed by atoms with Gasteiger partial charge in [-0.1, -0.05) is 48.5 Å². The van der Waals surface area contributed by atoms with Gasteiger partial charge in [0.05, 0.1) is 0 Å². The quantitative estimate of drug-likeness (QED) is 0.826. The molecule has 120 valence electrons. The van der Waals surface area contributed by atoms with Crippen molar-refractivity contribution in [3.8, 4) is 16.9 Å². The molecular formula is C19H22N2O2. The van der Waals surface area contributed by atoms with Gasteiger partial charge in [-0.2, -0.15) is 0 Å². The van der Waals surface area contributed by atoms with Gasteiger partial charge in [0.15, 0.2) is 6.61 Å². The summed E-state index contributed by atoms with van der Waals surface area (Å²) in [5.41, 5.74) is 7.77. The number of para-hydroxylation sites is 1. The minimum atomic E-state index is -0.116. The number of hydrogen-bond donors (Lipinski definition) is 2. The number of amides is 1. The molecule has 0 saturated heterocycles. The topological polar surface area (TPSA) is 64.3 Å². The van der Waals surface area contributed by atoms with Crippen molar-refractivity contribution < 1.29 is 9.53 Å². The van der Waals surface area contributed by atoms with Gasteiger partial charge in [0.25, 0.3) is 5.91 Å². The Hall–Kier alpha value is -2.33. The Bertz CT molecular complexity index is 653. The normalized spacial score (nSPS) is 15.0. The minimum Gasteiger partial charge on any atom is -0.483 e. The van der Waals surface area contributed by atoms with Crippen LogP contribution in [-0.4, -0.2) is 25.1 Å². The Balaban J connectivity index is 1.63. The first-order chi connectivity index (χ1) is 11.3. The van der Waals surface area contributed by atoms with E-state index in [4.69, 9.17) is 10.5 Å². The number of rotatable bonds is 7. The van der Waals surface area contributed by atoms with Crippen LogP contribution >= 0.6 is 0 Å². The van der Waals surface area contributed by atoms with Gasteiger partial charge < -0.3 is 15.8 Å². The first kappa shape index (κ1) is 15.6. The van der Waals surface area contributed by atoms with Gasteiger partial charge in [-0.05, 0) is 30.4 Å². The summed E-state index contributed by atoms with van der Waals surface area (Å²) in [6.45, 7) is 0.490. The highest BCUT2D eigenvalue weighted by Crippen LogP contribution is 2.32. The number of ether oxygens (including phenoxy) is 1. The molecule has 2 aromatic rings. The summed E-state index contributed by atoms with van der Waals surface area (Å²) in [6.07, 6.45) is 2.31.